The smallest absolute Gasteiger partial charge is 0.264 e. The summed E-state index contributed by atoms with van der Waals surface area (Å²) in [6, 6.07) is 14.9. The number of pyridine rings is 1. The van der Waals surface area contributed by atoms with Crippen LogP contribution >= 0.6 is 11.3 Å². The van der Waals surface area contributed by atoms with Crippen molar-refractivity contribution in [2.75, 3.05) is 26.2 Å². The Morgan fingerprint density at radius 2 is 1.70 bits per heavy atom. The molecule has 0 radical (unpaired) electrons. The van der Waals surface area contributed by atoms with E-state index in [0.717, 1.165) is 21.8 Å². The predicted octanol–water partition coefficient (Wildman–Crippen LogP) is 3.88. The molecule has 8 heteroatoms. The Morgan fingerprint density at radius 3 is 2.36 bits per heavy atom. The summed E-state index contributed by atoms with van der Waals surface area (Å²) in [6.07, 6.45) is 3.93. The number of thiophene rings is 1. The Labute approximate surface area is 195 Å². The van der Waals surface area contributed by atoms with E-state index in [-0.39, 0.29) is 11.8 Å². The molecular formula is C25H24N4O3S. The second-order valence-corrected chi connectivity index (χ2v) is 8.98. The van der Waals surface area contributed by atoms with Crippen LogP contribution in [0.25, 0.3) is 5.65 Å². The highest BCUT2D eigenvalue weighted by Gasteiger charge is 2.25. The number of rotatable bonds is 5. The number of carbonyl (C=O) groups excluding carboxylic acids is 2. The van der Waals surface area contributed by atoms with Crippen molar-refractivity contribution >= 4 is 28.8 Å². The maximum atomic E-state index is 12.9. The highest BCUT2D eigenvalue weighted by molar-refractivity contribution is 7.12. The lowest BCUT2D eigenvalue weighted by Crippen LogP contribution is -2.50. The lowest BCUT2D eigenvalue weighted by molar-refractivity contribution is 0.0538. The number of ether oxygens (including phenoxy) is 1. The molecule has 4 aromatic rings. The fraction of sp³-hybridized carbons (Fsp3) is 0.240. The zero-order valence-corrected chi connectivity index (χ0v) is 19.1. The van der Waals surface area contributed by atoms with E-state index in [9.17, 15) is 9.59 Å². The first-order valence-electron chi connectivity index (χ1n) is 10.9. The Hall–Kier alpha value is -3.65. The summed E-state index contributed by atoms with van der Waals surface area (Å²) < 4.78 is 7.86. The molecule has 0 unspecified atom stereocenters. The monoisotopic (exact) mass is 460 g/mol. The van der Waals surface area contributed by atoms with E-state index in [1.54, 1.807) is 17.0 Å². The lowest BCUT2D eigenvalue weighted by atomic mass is 10.1. The standard InChI is InChI=1S/C25H24N4O3S/c1-18-4-2-10-29-16-20(26-23(18)29)17-32-21-8-6-19(7-9-21)24(30)27-11-13-28(14-12-27)25(31)22-5-3-15-33-22/h2-10,15-16H,11-14,17H2,1H3. The highest BCUT2D eigenvalue weighted by atomic mass is 32.1. The van der Waals surface area contributed by atoms with Crippen molar-refractivity contribution in [2.45, 2.75) is 13.5 Å². The Bertz CT molecular complexity index is 1270. The minimum Gasteiger partial charge on any atom is -0.487 e. The number of aromatic nitrogens is 2. The fourth-order valence-electron chi connectivity index (χ4n) is 3.98. The second kappa shape index (κ2) is 9.07. The number of imidazole rings is 1. The van der Waals surface area contributed by atoms with Gasteiger partial charge in [0.1, 0.15) is 18.0 Å². The van der Waals surface area contributed by atoms with Gasteiger partial charge in [-0.15, -0.1) is 11.3 Å². The van der Waals surface area contributed by atoms with Crippen LogP contribution in [0.1, 0.15) is 31.3 Å². The van der Waals surface area contributed by atoms with Gasteiger partial charge in [0, 0.05) is 44.1 Å². The Kier molecular flexibility index (Phi) is 5.83. The van der Waals surface area contributed by atoms with Gasteiger partial charge >= 0.3 is 0 Å². The van der Waals surface area contributed by atoms with Gasteiger partial charge in [0.2, 0.25) is 0 Å². The number of nitrogens with zero attached hydrogens (tertiary/aromatic N) is 4. The maximum absolute atomic E-state index is 12.9. The normalized spacial score (nSPS) is 14.0. The van der Waals surface area contributed by atoms with Crippen LogP contribution in [0.15, 0.2) is 66.3 Å². The van der Waals surface area contributed by atoms with E-state index in [1.807, 2.05) is 70.4 Å². The number of aryl methyl sites for hydroxylation is 1. The van der Waals surface area contributed by atoms with Crippen molar-refractivity contribution < 1.29 is 14.3 Å². The number of hydrogen-bond donors (Lipinski definition) is 0. The molecule has 0 spiro atoms. The Morgan fingerprint density at radius 1 is 0.970 bits per heavy atom. The molecule has 4 heterocycles. The van der Waals surface area contributed by atoms with E-state index in [1.165, 1.54) is 11.3 Å². The van der Waals surface area contributed by atoms with Crippen LogP contribution in [0.2, 0.25) is 0 Å². The largest absolute Gasteiger partial charge is 0.487 e. The van der Waals surface area contributed by atoms with Gasteiger partial charge in [-0.1, -0.05) is 12.1 Å². The molecule has 2 amide bonds. The zero-order chi connectivity index (χ0) is 22.8. The van der Waals surface area contributed by atoms with E-state index >= 15 is 0 Å². The number of carbonyl (C=O) groups is 2. The molecule has 5 rings (SSSR count). The van der Waals surface area contributed by atoms with Crippen LogP contribution < -0.4 is 4.74 Å². The van der Waals surface area contributed by atoms with Crippen LogP contribution in [0.3, 0.4) is 0 Å². The third kappa shape index (κ3) is 4.47. The summed E-state index contributed by atoms with van der Waals surface area (Å²) in [5.41, 5.74) is 3.50. The second-order valence-electron chi connectivity index (χ2n) is 8.03. The number of fused-ring (bicyclic) bond motifs is 1. The van der Waals surface area contributed by atoms with E-state index < -0.39 is 0 Å². The average Bonchev–Trinajstić information content (AvgIpc) is 3.53. The van der Waals surface area contributed by atoms with Crippen molar-refractivity contribution in [3.63, 3.8) is 0 Å². The van der Waals surface area contributed by atoms with Gasteiger partial charge in [0.05, 0.1) is 10.6 Å². The molecule has 7 nitrogen and oxygen atoms in total. The van der Waals surface area contributed by atoms with Crippen molar-refractivity contribution in [1.82, 2.24) is 19.2 Å². The van der Waals surface area contributed by atoms with E-state index in [2.05, 4.69) is 4.98 Å². The maximum Gasteiger partial charge on any atom is 0.264 e. The average molecular weight is 461 g/mol. The number of hydrogen-bond acceptors (Lipinski definition) is 5. The molecule has 1 saturated heterocycles. The van der Waals surface area contributed by atoms with Crippen LogP contribution in [0.4, 0.5) is 0 Å². The molecule has 0 N–H and O–H groups in total. The summed E-state index contributed by atoms with van der Waals surface area (Å²) >= 11 is 1.45. The van der Waals surface area contributed by atoms with Crippen molar-refractivity contribution in [3.05, 3.63) is 88.0 Å². The molecule has 0 aliphatic carbocycles. The molecule has 0 atom stereocenters. The number of piperazine rings is 1. The van der Waals surface area contributed by atoms with Gasteiger partial charge in [0.25, 0.3) is 11.8 Å². The molecule has 0 bridgehead atoms. The van der Waals surface area contributed by atoms with Crippen LogP contribution in [0, 0.1) is 6.92 Å². The van der Waals surface area contributed by atoms with Gasteiger partial charge in [-0.3, -0.25) is 9.59 Å². The van der Waals surface area contributed by atoms with E-state index in [0.29, 0.717) is 44.1 Å². The first-order chi connectivity index (χ1) is 16.1. The molecular weight excluding hydrogens is 436 g/mol. The SMILES string of the molecule is Cc1cccn2cc(COc3ccc(C(=O)N4CCN(C(=O)c5cccs5)CC4)cc3)nc12. The number of benzene rings is 1. The molecule has 3 aromatic heterocycles. The molecule has 33 heavy (non-hydrogen) atoms. The van der Waals surface area contributed by atoms with Gasteiger partial charge in [-0.05, 0) is 54.3 Å². The first kappa shape index (κ1) is 21.2. The Balaban J connectivity index is 1.16. The molecule has 1 aromatic carbocycles. The molecule has 168 valence electrons. The first-order valence-corrected chi connectivity index (χ1v) is 11.7. The quantitative estimate of drug-likeness (QED) is 0.453. The minimum absolute atomic E-state index is 0.0272. The predicted molar refractivity (Wildman–Crippen MR) is 127 cm³/mol. The molecule has 1 aliphatic heterocycles. The van der Waals surface area contributed by atoms with Gasteiger partial charge in [0.15, 0.2) is 0 Å². The van der Waals surface area contributed by atoms with Crippen LogP contribution in [-0.2, 0) is 6.61 Å². The topological polar surface area (TPSA) is 67.2 Å². The summed E-state index contributed by atoms with van der Waals surface area (Å²) in [4.78, 5) is 34.4. The van der Waals surface area contributed by atoms with E-state index in [4.69, 9.17) is 4.74 Å². The van der Waals surface area contributed by atoms with Crippen LogP contribution in [0.5, 0.6) is 5.75 Å². The lowest BCUT2D eigenvalue weighted by Gasteiger charge is -2.34. The minimum atomic E-state index is -0.0272. The number of amides is 2. The summed E-state index contributed by atoms with van der Waals surface area (Å²) in [5.74, 6) is 0.701. The highest BCUT2D eigenvalue weighted by Crippen LogP contribution is 2.18. The van der Waals surface area contributed by atoms with Gasteiger partial charge < -0.3 is 18.9 Å². The molecule has 1 aliphatic rings. The molecule has 1 fully saturated rings. The third-order valence-corrected chi connectivity index (χ3v) is 6.66. The summed E-state index contributed by atoms with van der Waals surface area (Å²) in [6.45, 7) is 4.53. The zero-order valence-electron chi connectivity index (χ0n) is 18.3. The van der Waals surface area contributed by atoms with Gasteiger partial charge in [-0.2, -0.15) is 0 Å². The molecule has 0 saturated carbocycles. The van der Waals surface area contributed by atoms with Crippen molar-refractivity contribution in [3.8, 4) is 5.75 Å². The van der Waals surface area contributed by atoms with Crippen molar-refractivity contribution in [2.24, 2.45) is 0 Å². The third-order valence-electron chi connectivity index (χ3n) is 5.80. The summed E-state index contributed by atoms with van der Waals surface area (Å²) in [7, 11) is 0. The fourth-order valence-corrected chi connectivity index (χ4v) is 4.67. The summed E-state index contributed by atoms with van der Waals surface area (Å²) in [5, 5.41) is 1.90. The van der Waals surface area contributed by atoms with Gasteiger partial charge in [-0.25, -0.2) is 4.98 Å². The van der Waals surface area contributed by atoms with Crippen molar-refractivity contribution in [1.29, 1.82) is 0 Å². The van der Waals surface area contributed by atoms with Crippen LogP contribution in [-0.4, -0.2) is 57.2 Å².